The maximum atomic E-state index is 11.8. The summed E-state index contributed by atoms with van der Waals surface area (Å²) in [5.74, 6) is 0.724. The summed E-state index contributed by atoms with van der Waals surface area (Å²) in [5.41, 5.74) is 0. The molecule has 4 heteroatoms. The maximum absolute atomic E-state index is 11.8. The van der Waals surface area contributed by atoms with Crippen LogP contribution in [0.1, 0.15) is 43.3 Å². The molecule has 1 heterocycles. The van der Waals surface area contributed by atoms with Gasteiger partial charge in [-0.05, 0) is 53.7 Å². The molecule has 0 spiro atoms. The van der Waals surface area contributed by atoms with Crippen molar-refractivity contribution >= 4 is 33.2 Å². The molecule has 1 aromatic heterocycles. The Hall–Kier alpha value is -0.350. The van der Waals surface area contributed by atoms with Crippen molar-refractivity contribution < 1.29 is 4.79 Å². The van der Waals surface area contributed by atoms with Crippen LogP contribution < -0.4 is 5.32 Å². The van der Waals surface area contributed by atoms with Gasteiger partial charge in [0.05, 0.1) is 8.66 Å². The van der Waals surface area contributed by atoms with Crippen molar-refractivity contribution in [1.82, 2.24) is 5.32 Å². The van der Waals surface area contributed by atoms with Gasteiger partial charge in [-0.25, -0.2) is 0 Å². The van der Waals surface area contributed by atoms with Crippen molar-refractivity contribution in [3.05, 3.63) is 20.8 Å². The topological polar surface area (TPSA) is 29.1 Å². The zero-order chi connectivity index (χ0) is 12.1. The van der Waals surface area contributed by atoms with Gasteiger partial charge in [0, 0.05) is 6.04 Å². The van der Waals surface area contributed by atoms with E-state index in [4.69, 9.17) is 0 Å². The molecule has 1 rings (SSSR count). The molecule has 0 radical (unpaired) electrons. The van der Waals surface area contributed by atoms with E-state index < -0.39 is 0 Å². The zero-order valence-electron chi connectivity index (χ0n) is 9.92. The monoisotopic (exact) mass is 303 g/mol. The van der Waals surface area contributed by atoms with E-state index in [1.165, 1.54) is 11.3 Å². The summed E-state index contributed by atoms with van der Waals surface area (Å²) in [7, 11) is 0. The molecule has 1 unspecified atom stereocenters. The summed E-state index contributed by atoms with van der Waals surface area (Å²) in [6.45, 7) is 6.46. The van der Waals surface area contributed by atoms with Crippen molar-refractivity contribution in [2.75, 3.05) is 0 Å². The lowest BCUT2D eigenvalue weighted by Crippen LogP contribution is -2.32. The first-order chi connectivity index (χ1) is 7.49. The number of rotatable bonds is 5. The third-order valence-corrected chi connectivity index (χ3v) is 3.97. The van der Waals surface area contributed by atoms with Gasteiger partial charge in [0.1, 0.15) is 0 Å². The Kier molecular flexibility index (Phi) is 5.49. The van der Waals surface area contributed by atoms with Crippen LogP contribution in [0.15, 0.2) is 15.9 Å². The Bertz CT molecular complexity index is 349. The Morgan fingerprint density at radius 2 is 2.06 bits per heavy atom. The first kappa shape index (κ1) is 13.7. The first-order valence-electron chi connectivity index (χ1n) is 5.55. The highest BCUT2D eigenvalue weighted by Crippen LogP contribution is 2.22. The second kappa shape index (κ2) is 6.40. The van der Waals surface area contributed by atoms with Gasteiger partial charge in [-0.2, -0.15) is 0 Å². The molecule has 0 saturated heterocycles. The molecular formula is C12H18BrNOS. The fraction of sp³-hybridized carbons (Fsp3) is 0.583. The number of hydrogen-bond acceptors (Lipinski definition) is 2. The second-order valence-electron chi connectivity index (χ2n) is 4.45. The molecule has 16 heavy (non-hydrogen) atoms. The molecule has 1 aromatic rings. The number of halogens is 1. The van der Waals surface area contributed by atoms with Crippen LogP contribution in [0.4, 0.5) is 0 Å². The SMILES string of the molecule is CC(C)CCC(C)NC(=O)c1ccc(Br)s1. The molecule has 90 valence electrons. The molecule has 2 nitrogen and oxygen atoms in total. The standard InChI is InChI=1S/C12H18BrNOS/c1-8(2)4-5-9(3)14-12(15)10-6-7-11(13)16-10/h6-9H,4-5H2,1-3H3,(H,14,15). The average Bonchev–Trinajstić information content (AvgIpc) is 2.62. The highest BCUT2D eigenvalue weighted by Gasteiger charge is 2.11. The molecule has 0 fully saturated rings. The summed E-state index contributed by atoms with van der Waals surface area (Å²) in [4.78, 5) is 12.6. The lowest BCUT2D eigenvalue weighted by molar-refractivity contribution is 0.0941. The van der Waals surface area contributed by atoms with Gasteiger partial charge in [-0.3, -0.25) is 4.79 Å². The van der Waals surface area contributed by atoms with E-state index in [1.807, 2.05) is 12.1 Å². The third-order valence-electron chi connectivity index (χ3n) is 2.35. The third kappa shape index (κ3) is 4.66. The largest absolute Gasteiger partial charge is 0.349 e. The minimum Gasteiger partial charge on any atom is -0.349 e. The van der Waals surface area contributed by atoms with E-state index in [-0.39, 0.29) is 11.9 Å². The van der Waals surface area contributed by atoms with E-state index in [9.17, 15) is 4.79 Å². The maximum Gasteiger partial charge on any atom is 0.261 e. The van der Waals surface area contributed by atoms with Crippen molar-refractivity contribution in [3.8, 4) is 0 Å². The van der Waals surface area contributed by atoms with Crippen LogP contribution in [0.25, 0.3) is 0 Å². The molecule has 0 saturated carbocycles. The summed E-state index contributed by atoms with van der Waals surface area (Å²) < 4.78 is 0.993. The first-order valence-corrected chi connectivity index (χ1v) is 7.16. The highest BCUT2D eigenvalue weighted by atomic mass is 79.9. The van der Waals surface area contributed by atoms with Crippen LogP contribution in [0.3, 0.4) is 0 Å². The summed E-state index contributed by atoms with van der Waals surface area (Å²) in [5, 5.41) is 3.02. The van der Waals surface area contributed by atoms with Crippen LogP contribution in [0, 0.1) is 5.92 Å². The van der Waals surface area contributed by atoms with Gasteiger partial charge >= 0.3 is 0 Å². The minimum absolute atomic E-state index is 0.0342. The summed E-state index contributed by atoms with van der Waals surface area (Å²) >= 11 is 4.82. The molecule has 1 atom stereocenters. The molecule has 0 aliphatic carbocycles. The van der Waals surface area contributed by atoms with Crippen molar-refractivity contribution in [2.24, 2.45) is 5.92 Å². The molecule has 0 aliphatic heterocycles. The number of nitrogens with one attached hydrogen (secondary N) is 1. The smallest absolute Gasteiger partial charge is 0.261 e. The summed E-state index contributed by atoms with van der Waals surface area (Å²) in [6.07, 6.45) is 2.19. The summed E-state index contributed by atoms with van der Waals surface area (Å²) in [6, 6.07) is 3.99. The highest BCUT2D eigenvalue weighted by molar-refractivity contribution is 9.11. The van der Waals surface area contributed by atoms with Gasteiger partial charge in [-0.1, -0.05) is 13.8 Å². The van der Waals surface area contributed by atoms with E-state index in [0.717, 1.165) is 21.5 Å². The molecule has 0 aliphatic rings. The molecular weight excluding hydrogens is 286 g/mol. The van der Waals surface area contributed by atoms with Gasteiger partial charge < -0.3 is 5.32 Å². The molecule has 0 aromatic carbocycles. The fourth-order valence-corrected chi connectivity index (χ4v) is 2.68. The Morgan fingerprint density at radius 1 is 1.38 bits per heavy atom. The predicted octanol–water partition coefficient (Wildman–Crippen LogP) is 4.07. The number of carbonyl (C=O) groups excluding carboxylic acids is 1. The predicted molar refractivity (Wildman–Crippen MR) is 73.0 cm³/mol. The average molecular weight is 304 g/mol. The van der Waals surface area contributed by atoms with Gasteiger partial charge in [-0.15, -0.1) is 11.3 Å². The van der Waals surface area contributed by atoms with Crippen LogP contribution in [-0.2, 0) is 0 Å². The normalized spacial score (nSPS) is 12.8. The quantitative estimate of drug-likeness (QED) is 0.873. The van der Waals surface area contributed by atoms with Crippen molar-refractivity contribution in [2.45, 2.75) is 39.7 Å². The lowest BCUT2D eigenvalue weighted by Gasteiger charge is -2.14. The van der Waals surface area contributed by atoms with Crippen LogP contribution in [0.2, 0.25) is 0 Å². The Labute approximate surface area is 110 Å². The lowest BCUT2D eigenvalue weighted by atomic mass is 10.0. The van der Waals surface area contributed by atoms with Crippen LogP contribution in [-0.4, -0.2) is 11.9 Å². The Morgan fingerprint density at radius 3 is 2.56 bits per heavy atom. The molecule has 1 amide bonds. The number of carbonyl (C=O) groups is 1. The van der Waals surface area contributed by atoms with E-state index in [2.05, 4.69) is 42.0 Å². The Balaban J connectivity index is 2.39. The van der Waals surface area contributed by atoms with E-state index in [0.29, 0.717) is 5.92 Å². The number of thiophene rings is 1. The number of amides is 1. The van der Waals surface area contributed by atoms with Crippen molar-refractivity contribution in [3.63, 3.8) is 0 Å². The van der Waals surface area contributed by atoms with Crippen molar-refractivity contribution in [1.29, 1.82) is 0 Å². The fourth-order valence-electron chi connectivity index (χ4n) is 1.39. The zero-order valence-corrected chi connectivity index (χ0v) is 12.3. The molecule has 0 bridgehead atoms. The van der Waals surface area contributed by atoms with E-state index in [1.54, 1.807) is 0 Å². The van der Waals surface area contributed by atoms with Gasteiger partial charge in [0.25, 0.3) is 5.91 Å². The van der Waals surface area contributed by atoms with Crippen LogP contribution in [0.5, 0.6) is 0 Å². The molecule has 1 N–H and O–H groups in total. The van der Waals surface area contributed by atoms with Gasteiger partial charge in [0.15, 0.2) is 0 Å². The minimum atomic E-state index is 0.0342. The second-order valence-corrected chi connectivity index (χ2v) is 6.91. The van der Waals surface area contributed by atoms with Gasteiger partial charge in [0.2, 0.25) is 0 Å². The number of hydrogen-bond donors (Lipinski definition) is 1. The van der Waals surface area contributed by atoms with E-state index >= 15 is 0 Å². The van der Waals surface area contributed by atoms with Crippen LogP contribution >= 0.6 is 27.3 Å².